The molecule has 1 aromatic heterocycles. The van der Waals surface area contributed by atoms with E-state index < -0.39 is 17.7 Å². The minimum Gasteiger partial charge on any atom is -0.465 e. The van der Waals surface area contributed by atoms with Crippen LogP contribution in [0.25, 0.3) is 0 Å². The van der Waals surface area contributed by atoms with Crippen LogP contribution in [-0.2, 0) is 4.74 Å². The number of benzene rings is 2. The Kier molecular flexibility index (Phi) is 5.36. The first kappa shape index (κ1) is 18.0. The Morgan fingerprint density at radius 3 is 2.44 bits per heavy atom. The van der Waals surface area contributed by atoms with Crippen LogP contribution in [0.5, 0.6) is 0 Å². The quantitative estimate of drug-likeness (QED) is 0.672. The molecule has 0 spiro atoms. The van der Waals surface area contributed by atoms with Crippen molar-refractivity contribution in [2.45, 2.75) is 0 Å². The number of ether oxygens (including phenoxy) is 1. The van der Waals surface area contributed by atoms with Gasteiger partial charge in [0.15, 0.2) is 0 Å². The van der Waals surface area contributed by atoms with Gasteiger partial charge in [0.2, 0.25) is 0 Å². The van der Waals surface area contributed by atoms with Gasteiger partial charge in [-0.1, -0.05) is 24.3 Å². The van der Waals surface area contributed by atoms with Crippen molar-refractivity contribution in [3.05, 3.63) is 78.0 Å². The molecule has 0 radical (unpaired) electrons. The molecule has 0 fully saturated rings. The van der Waals surface area contributed by atoms with Crippen molar-refractivity contribution in [2.24, 2.45) is 0 Å². The zero-order valence-electron chi connectivity index (χ0n) is 14.3. The fourth-order valence-electron chi connectivity index (χ4n) is 2.32. The molecule has 3 rings (SSSR count). The number of amides is 1. The van der Waals surface area contributed by atoms with Gasteiger partial charge in [0, 0.05) is 6.07 Å². The summed E-state index contributed by atoms with van der Waals surface area (Å²) in [6.07, 6.45) is 1.19. The third-order valence-electron chi connectivity index (χ3n) is 3.62. The van der Waals surface area contributed by atoms with Gasteiger partial charge >= 0.3 is 5.97 Å². The van der Waals surface area contributed by atoms with Gasteiger partial charge in [0.1, 0.15) is 23.7 Å². The largest absolute Gasteiger partial charge is 0.465 e. The van der Waals surface area contributed by atoms with Crippen molar-refractivity contribution in [3.8, 4) is 0 Å². The molecule has 0 unspecified atom stereocenters. The van der Waals surface area contributed by atoms with E-state index >= 15 is 0 Å². The molecule has 1 amide bonds. The van der Waals surface area contributed by atoms with E-state index in [1.165, 1.54) is 37.7 Å². The molecule has 7 nitrogen and oxygen atoms in total. The summed E-state index contributed by atoms with van der Waals surface area (Å²) in [4.78, 5) is 32.1. The lowest BCUT2D eigenvalue weighted by Gasteiger charge is -2.11. The molecule has 8 heteroatoms. The monoisotopic (exact) mass is 366 g/mol. The SMILES string of the molecule is COC(=O)c1ccccc1Nc1cc(C(=O)Nc2ccccc2F)ncn1. The van der Waals surface area contributed by atoms with Crippen LogP contribution in [0.1, 0.15) is 20.8 Å². The molecular formula is C19H15FN4O3. The number of anilines is 3. The number of esters is 1. The normalized spacial score (nSPS) is 10.1. The number of carbonyl (C=O) groups excluding carboxylic acids is 2. The summed E-state index contributed by atoms with van der Waals surface area (Å²) in [7, 11) is 1.29. The van der Waals surface area contributed by atoms with Crippen LogP contribution in [0.3, 0.4) is 0 Å². The van der Waals surface area contributed by atoms with Crippen molar-refractivity contribution >= 4 is 29.1 Å². The van der Waals surface area contributed by atoms with Crippen molar-refractivity contribution in [3.63, 3.8) is 0 Å². The second-order valence-corrected chi connectivity index (χ2v) is 5.38. The Bertz CT molecular complexity index is 994. The molecule has 0 bridgehead atoms. The highest BCUT2D eigenvalue weighted by atomic mass is 19.1. The third-order valence-corrected chi connectivity index (χ3v) is 3.62. The number of nitrogens with zero attached hydrogens (tertiary/aromatic N) is 2. The van der Waals surface area contributed by atoms with E-state index in [0.717, 1.165) is 0 Å². The lowest BCUT2D eigenvalue weighted by atomic mass is 10.2. The number of rotatable bonds is 5. The Morgan fingerprint density at radius 1 is 1.00 bits per heavy atom. The van der Waals surface area contributed by atoms with Gasteiger partial charge in [-0.25, -0.2) is 19.2 Å². The summed E-state index contributed by atoms with van der Waals surface area (Å²) >= 11 is 0. The van der Waals surface area contributed by atoms with Gasteiger partial charge in [-0.05, 0) is 24.3 Å². The van der Waals surface area contributed by atoms with Crippen molar-refractivity contribution in [2.75, 3.05) is 17.7 Å². The summed E-state index contributed by atoms with van der Waals surface area (Å²) in [5.74, 6) is -1.36. The first-order valence-corrected chi connectivity index (χ1v) is 7.91. The summed E-state index contributed by atoms with van der Waals surface area (Å²) in [6, 6.07) is 13.9. The standard InChI is InChI=1S/C19H15FN4O3/c1-27-19(26)12-6-2-4-8-14(12)23-17-10-16(21-11-22-17)18(25)24-15-9-5-3-7-13(15)20/h2-11H,1H3,(H,24,25)(H,21,22,23). The van der Waals surface area contributed by atoms with Gasteiger partial charge in [0.25, 0.3) is 5.91 Å². The number of hydrogen-bond donors (Lipinski definition) is 2. The van der Waals surface area contributed by atoms with E-state index in [2.05, 4.69) is 20.6 Å². The average molecular weight is 366 g/mol. The summed E-state index contributed by atoms with van der Waals surface area (Å²) < 4.78 is 18.4. The lowest BCUT2D eigenvalue weighted by molar-refractivity contribution is 0.0601. The van der Waals surface area contributed by atoms with E-state index in [9.17, 15) is 14.0 Å². The predicted molar refractivity (Wildman–Crippen MR) is 97.4 cm³/mol. The second-order valence-electron chi connectivity index (χ2n) is 5.38. The van der Waals surface area contributed by atoms with Crippen LogP contribution >= 0.6 is 0 Å². The van der Waals surface area contributed by atoms with E-state index in [1.54, 1.807) is 30.3 Å². The van der Waals surface area contributed by atoms with Gasteiger partial charge in [-0.3, -0.25) is 4.79 Å². The molecular weight excluding hydrogens is 351 g/mol. The van der Waals surface area contributed by atoms with Crippen LogP contribution in [-0.4, -0.2) is 29.0 Å². The first-order chi connectivity index (χ1) is 13.1. The molecule has 0 aliphatic rings. The maximum absolute atomic E-state index is 13.7. The Labute approximate surface area is 154 Å². The maximum atomic E-state index is 13.7. The summed E-state index contributed by atoms with van der Waals surface area (Å²) in [6.45, 7) is 0. The Morgan fingerprint density at radius 2 is 1.70 bits per heavy atom. The minimum absolute atomic E-state index is 0.0336. The van der Waals surface area contributed by atoms with Crippen LogP contribution < -0.4 is 10.6 Å². The highest BCUT2D eigenvalue weighted by Gasteiger charge is 2.14. The van der Waals surface area contributed by atoms with Crippen molar-refractivity contribution in [1.29, 1.82) is 0 Å². The van der Waals surface area contributed by atoms with Crippen LogP contribution in [0, 0.1) is 5.82 Å². The molecule has 1 heterocycles. The minimum atomic E-state index is -0.591. The molecule has 3 aromatic rings. The Balaban J connectivity index is 1.81. The summed E-state index contributed by atoms with van der Waals surface area (Å²) in [5, 5.41) is 5.40. The van der Waals surface area contributed by atoms with Crippen LogP contribution in [0.15, 0.2) is 60.9 Å². The first-order valence-electron chi connectivity index (χ1n) is 7.91. The topological polar surface area (TPSA) is 93.2 Å². The van der Waals surface area contributed by atoms with Gasteiger partial charge in [0.05, 0.1) is 24.0 Å². The number of carbonyl (C=O) groups is 2. The number of methoxy groups -OCH3 is 1. The number of aromatic nitrogens is 2. The third kappa shape index (κ3) is 4.24. The number of halogens is 1. The van der Waals surface area contributed by atoms with E-state index in [1.807, 2.05) is 0 Å². The fraction of sp³-hybridized carbons (Fsp3) is 0.0526. The highest BCUT2D eigenvalue weighted by molar-refractivity contribution is 6.03. The second kappa shape index (κ2) is 8.05. The molecule has 0 aliphatic carbocycles. The molecule has 0 aliphatic heterocycles. The number of para-hydroxylation sites is 2. The zero-order valence-corrected chi connectivity index (χ0v) is 14.3. The highest BCUT2D eigenvalue weighted by Crippen LogP contribution is 2.21. The van der Waals surface area contributed by atoms with Crippen molar-refractivity contribution in [1.82, 2.24) is 9.97 Å². The van der Waals surface area contributed by atoms with Gasteiger partial charge in [-0.2, -0.15) is 0 Å². The molecule has 2 N–H and O–H groups in total. The van der Waals surface area contributed by atoms with Gasteiger partial charge < -0.3 is 15.4 Å². The Hall–Kier alpha value is -3.81. The lowest BCUT2D eigenvalue weighted by Crippen LogP contribution is -2.15. The molecule has 0 saturated carbocycles. The zero-order chi connectivity index (χ0) is 19.2. The smallest absolute Gasteiger partial charge is 0.339 e. The molecule has 2 aromatic carbocycles. The summed E-state index contributed by atoms with van der Waals surface area (Å²) in [5.41, 5.74) is 0.859. The number of nitrogens with one attached hydrogen (secondary N) is 2. The van der Waals surface area contributed by atoms with E-state index in [4.69, 9.17) is 4.74 Å². The van der Waals surface area contributed by atoms with E-state index in [0.29, 0.717) is 17.1 Å². The molecule has 0 saturated heterocycles. The molecule has 136 valence electrons. The van der Waals surface area contributed by atoms with Crippen LogP contribution in [0.4, 0.5) is 21.6 Å². The maximum Gasteiger partial charge on any atom is 0.339 e. The molecule has 27 heavy (non-hydrogen) atoms. The van der Waals surface area contributed by atoms with Gasteiger partial charge in [-0.15, -0.1) is 0 Å². The van der Waals surface area contributed by atoms with Crippen LogP contribution in [0.2, 0.25) is 0 Å². The van der Waals surface area contributed by atoms with Crippen molar-refractivity contribution < 1.29 is 18.7 Å². The van der Waals surface area contributed by atoms with E-state index in [-0.39, 0.29) is 11.4 Å². The fourth-order valence-corrected chi connectivity index (χ4v) is 2.32. The molecule has 0 atom stereocenters. The number of hydrogen-bond acceptors (Lipinski definition) is 6. The predicted octanol–water partition coefficient (Wildman–Crippen LogP) is 3.40. The average Bonchev–Trinajstić information content (AvgIpc) is 2.70.